The van der Waals surface area contributed by atoms with Crippen LogP contribution in [0.25, 0.3) is 0 Å². The Kier molecular flexibility index (Phi) is 5.87. The molecule has 0 spiro atoms. The monoisotopic (exact) mass is 250 g/mol. The molecular formula is C13H18N2O3. The van der Waals surface area contributed by atoms with Gasteiger partial charge < -0.3 is 15.7 Å². The van der Waals surface area contributed by atoms with Crippen LogP contribution in [0.2, 0.25) is 0 Å². The van der Waals surface area contributed by atoms with E-state index in [-0.39, 0.29) is 18.6 Å². The summed E-state index contributed by atoms with van der Waals surface area (Å²) in [5, 5.41) is 14.0. The van der Waals surface area contributed by atoms with Crippen molar-refractivity contribution in [1.29, 1.82) is 0 Å². The Morgan fingerprint density at radius 1 is 1.39 bits per heavy atom. The maximum atomic E-state index is 11.9. The quantitative estimate of drug-likeness (QED) is 0.588. The summed E-state index contributed by atoms with van der Waals surface area (Å²) >= 11 is 0. The van der Waals surface area contributed by atoms with Crippen molar-refractivity contribution in [3.63, 3.8) is 0 Å². The first kappa shape index (κ1) is 14.2. The number of carbonyl (C=O) groups is 2. The minimum atomic E-state index is -0.626. The average molecular weight is 250 g/mol. The number of hydrogen-bond acceptors (Lipinski definition) is 3. The molecule has 98 valence electrons. The normalized spacial score (nSPS) is 13.4. The van der Waals surface area contributed by atoms with Gasteiger partial charge in [-0.25, -0.2) is 0 Å². The standard InChI is InChI=1S/C13H18N2O3/c1-10(8-16)15-13(18)12(14-9-17)7-11-5-3-2-4-6-11/h2-6,9-10,12,16H,7-8H2,1H3,(H,14,17)(H,15,18)/t10?,12-/m0/s1. The van der Waals surface area contributed by atoms with Gasteiger partial charge in [0.05, 0.1) is 6.61 Å². The molecule has 0 aliphatic carbocycles. The second-order valence-corrected chi connectivity index (χ2v) is 4.12. The van der Waals surface area contributed by atoms with Crippen LogP contribution in [-0.4, -0.2) is 36.1 Å². The highest BCUT2D eigenvalue weighted by molar-refractivity contribution is 5.84. The zero-order valence-corrected chi connectivity index (χ0v) is 10.3. The molecule has 0 aliphatic heterocycles. The number of aliphatic hydroxyl groups excluding tert-OH is 1. The van der Waals surface area contributed by atoms with E-state index in [2.05, 4.69) is 10.6 Å². The molecule has 2 atom stereocenters. The Morgan fingerprint density at radius 2 is 2.06 bits per heavy atom. The molecule has 0 aliphatic rings. The van der Waals surface area contributed by atoms with Gasteiger partial charge in [-0.05, 0) is 12.5 Å². The van der Waals surface area contributed by atoms with Crippen LogP contribution in [0.15, 0.2) is 30.3 Å². The van der Waals surface area contributed by atoms with Crippen molar-refractivity contribution in [2.24, 2.45) is 0 Å². The first-order chi connectivity index (χ1) is 8.67. The van der Waals surface area contributed by atoms with Crippen LogP contribution in [0.1, 0.15) is 12.5 Å². The number of carbonyl (C=O) groups excluding carboxylic acids is 2. The number of hydrogen-bond donors (Lipinski definition) is 3. The van der Waals surface area contributed by atoms with Gasteiger partial charge in [-0.15, -0.1) is 0 Å². The summed E-state index contributed by atoms with van der Waals surface area (Å²) < 4.78 is 0. The van der Waals surface area contributed by atoms with Gasteiger partial charge in [0.1, 0.15) is 6.04 Å². The van der Waals surface area contributed by atoms with Gasteiger partial charge in [-0.2, -0.15) is 0 Å². The smallest absolute Gasteiger partial charge is 0.243 e. The maximum Gasteiger partial charge on any atom is 0.243 e. The van der Waals surface area contributed by atoms with Crippen LogP contribution < -0.4 is 10.6 Å². The fourth-order valence-corrected chi connectivity index (χ4v) is 1.55. The highest BCUT2D eigenvalue weighted by Crippen LogP contribution is 2.03. The zero-order chi connectivity index (χ0) is 13.4. The van der Waals surface area contributed by atoms with Gasteiger partial charge in [0.25, 0.3) is 0 Å². The second-order valence-electron chi connectivity index (χ2n) is 4.12. The second kappa shape index (κ2) is 7.45. The summed E-state index contributed by atoms with van der Waals surface area (Å²) in [5.74, 6) is -0.299. The fraction of sp³-hybridized carbons (Fsp3) is 0.385. The highest BCUT2D eigenvalue weighted by atomic mass is 16.3. The third-order valence-corrected chi connectivity index (χ3v) is 2.53. The van der Waals surface area contributed by atoms with Crippen LogP contribution in [0, 0.1) is 0 Å². The topological polar surface area (TPSA) is 78.4 Å². The van der Waals surface area contributed by atoms with E-state index < -0.39 is 6.04 Å². The summed E-state index contributed by atoms with van der Waals surface area (Å²) in [7, 11) is 0. The summed E-state index contributed by atoms with van der Waals surface area (Å²) in [4.78, 5) is 22.4. The lowest BCUT2D eigenvalue weighted by Gasteiger charge is -2.18. The summed E-state index contributed by atoms with van der Waals surface area (Å²) in [6, 6.07) is 8.47. The van der Waals surface area contributed by atoms with E-state index in [1.165, 1.54) is 0 Å². The Hall–Kier alpha value is -1.88. The molecule has 0 fully saturated rings. The third-order valence-electron chi connectivity index (χ3n) is 2.53. The fourth-order valence-electron chi connectivity index (χ4n) is 1.55. The van der Waals surface area contributed by atoms with Gasteiger partial charge in [0.15, 0.2) is 0 Å². The molecule has 1 aromatic carbocycles. The van der Waals surface area contributed by atoms with E-state index in [0.29, 0.717) is 12.8 Å². The molecule has 0 aromatic heterocycles. The van der Waals surface area contributed by atoms with Gasteiger partial charge >= 0.3 is 0 Å². The molecule has 0 radical (unpaired) electrons. The van der Waals surface area contributed by atoms with Crippen LogP contribution in [0.3, 0.4) is 0 Å². The van der Waals surface area contributed by atoms with Gasteiger partial charge in [-0.3, -0.25) is 9.59 Å². The van der Waals surface area contributed by atoms with Crippen molar-refractivity contribution < 1.29 is 14.7 Å². The van der Waals surface area contributed by atoms with Crippen LogP contribution in [-0.2, 0) is 16.0 Å². The number of amides is 2. The molecule has 1 rings (SSSR count). The Labute approximate surface area is 106 Å². The molecular weight excluding hydrogens is 232 g/mol. The summed E-state index contributed by atoms with van der Waals surface area (Å²) in [6.07, 6.45) is 0.931. The van der Waals surface area contributed by atoms with Gasteiger partial charge in [0, 0.05) is 12.5 Å². The number of aliphatic hydroxyl groups is 1. The summed E-state index contributed by atoms with van der Waals surface area (Å²) in [5.41, 5.74) is 0.962. The SMILES string of the molecule is CC(CO)NC(=O)[C@H](Cc1ccccc1)NC=O. The summed E-state index contributed by atoms with van der Waals surface area (Å²) in [6.45, 7) is 1.56. The van der Waals surface area contributed by atoms with Gasteiger partial charge in [-0.1, -0.05) is 30.3 Å². The molecule has 5 nitrogen and oxygen atoms in total. The van der Waals surface area contributed by atoms with Crippen molar-refractivity contribution in [1.82, 2.24) is 10.6 Å². The Morgan fingerprint density at radius 3 is 2.61 bits per heavy atom. The molecule has 1 unspecified atom stereocenters. The molecule has 1 aromatic rings. The minimum absolute atomic E-state index is 0.134. The van der Waals surface area contributed by atoms with E-state index in [1.54, 1.807) is 6.92 Å². The van der Waals surface area contributed by atoms with Crippen LogP contribution in [0.4, 0.5) is 0 Å². The number of rotatable bonds is 7. The largest absolute Gasteiger partial charge is 0.394 e. The predicted molar refractivity (Wildman–Crippen MR) is 67.8 cm³/mol. The van der Waals surface area contributed by atoms with Crippen molar-refractivity contribution in [3.8, 4) is 0 Å². The zero-order valence-electron chi connectivity index (χ0n) is 10.3. The molecule has 0 bridgehead atoms. The van der Waals surface area contributed by atoms with E-state index in [9.17, 15) is 9.59 Å². The van der Waals surface area contributed by atoms with E-state index >= 15 is 0 Å². The van der Waals surface area contributed by atoms with Crippen molar-refractivity contribution >= 4 is 12.3 Å². The lowest BCUT2D eigenvalue weighted by atomic mass is 10.1. The van der Waals surface area contributed by atoms with Crippen molar-refractivity contribution in [3.05, 3.63) is 35.9 Å². The predicted octanol–water partition coefficient (Wildman–Crippen LogP) is -0.159. The lowest BCUT2D eigenvalue weighted by Crippen LogP contribution is -2.48. The maximum absolute atomic E-state index is 11.9. The molecule has 0 saturated heterocycles. The first-order valence-electron chi connectivity index (χ1n) is 5.82. The molecule has 0 heterocycles. The number of nitrogens with one attached hydrogen (secondary N) is 2. The molecule has 18 heavy (non-hydrogen) atoms. The molecule has 0 saturated carbocycles. The first-order valence-corrected chi connectivity index (χ1v) is 5.82. The molecule has 2 amide bonds. The van der Waals surface area contributed by atoms with Gasteiger partial charge in [0.2, 0.25) is 12.3 Å². The van der Waals surface area contributed by atoms with Crippen LogP contribution in [0.5, 0.6) is 0 Å². The Balaban J connectivity index is 2.64. The Bertz CT molecular complexity index is 381. The third kappa shape index (κ3) is 4.55. The van der Waals surface area contributed by atoms with Crippen molar-refractivity contribution in [2.75, 3.05) is 6.61 Å². The molecule has 5 heteroatoms. The molecule has 3 N–H and O–H groups in total. The number of benzene rings is 1. The van der Waals surface area contributed by atoms with E-state index in [4.69, 9.17) is 5.11 Å². The minimum Gasteiger partial charge on any atom is -0.394 e. The van der Waals surface area contributed by atoms with E-state index in [0.717, 1.165) is 5.56 Å². The average Bonchev–Trinajstić information content (AvgIpc) is 2.39. The van der Waals surface area contributed by atoms with E-state index in [1.807, 2.05) is 30.3 Å². The van der Waals surface area contributed by atoms with Crippen molar-refractivity contribution in [2.45, 2.75) is 25.4 Å². The lowest BCUT2D eigenvalue weighted by molar-refractivity contribution is -0.126. The van der Waals surface area contributed by atoms with Crippen LogP contribution >= 0.6 is 0 Å². The highest BCUT2D eigenvalue weighted by Gasteiger charge is 2.19.